The quantitative estimate of drug-likeness (QED) is 0.0254. The summed E-state index contributed by atoms with van der Waals surface area (Å²) < 4.78 is 67.4. The highest BCUT2D eigenvalue weighted by Gasteiger charge is 2.43. The Morgan fingerprint density at radius 3 is 2.40 bits per heavy atom. The highest BCUT2D eigenvalue weighted by Crippen LogP contribution is 2.66. The number of amides is 1. The van der Waals surface area contributed by atoms with E-state index in [9.17, 15) is 38.2 Å². The van der Waals surface area contributed by atoms with Crippen molar-refractivity contribution in [2.45, 2.75) is 94.6 Å². The molecule has 3 aromatic carbocycles. The summed E-state index contributed by atoms with van der Waals surface area (Å²) in [5.41, 5.74) is 8.27. The van der Waals surface area contributed by atoms with Gasteiger partial charge in [-0.3, -0.25) is 9.32 Å². The van der Waals surface area contributed by atoms with Gasteiger partial charge in [0.1, 0.15) is 44.5 Å². The SMILES string of the molecule is [B][C@H]1CC(OCSSC(C)(C)CNC(=O)c2ccc(C3=c4cc5c6c(c4Oc4c3cc3c7c4CCCN7CCC3)CCC[N+]=6CCC5)c(C(=O)[O-])c2)[C@@H](COP(=O)(O)OP(=O)(O)OP(=O)(O)O)O1. The van der Waals surface area contributed by atoms with Crippen LogP contribution < -0.4 is 35.2 Å². The van der Waals surface area contributed by atoms with Gasteiger partial charge in [-0.25, -0.2) is 18.3 Å². The minimum atomic E-state index is -5.70. The average Bonchev–Trinajstić information content (AvgIpc) is 3.63. The Morgan fingerprint density at radius 2 is 1.65 bits per heavy atom. The molecule has 9 rings (SSSR count). The van der Waals surface area contributed by atoms with Crippen molar-refractivity contribution >= 4 is 76.0 Å². The molecule has 0 bridgehead atoms. The molecule has 5 N–H and O–H groups in total. The standard InChI is InChI=1S/C43H51BN3O16P3S2/c1-43(2,68-67-23-58-33-20-35(44)60-34(33)21-59-65(54,55)63-66(56,57)62-64(51,52)53)22-45-41(48)26-11-12-27(30(19-26)42(49)50)36-31-17-24-7-3-13-46-15-5-9-28(37(24)46)39(31)61-40-29-10-6-16-47-14-4-8-25(38(29)47)18-32(36)40/h11-12,17-19,33-35H,3-10,13-16,20-23H2,1-2H3,(H5-,45,48,49,50,51,52,53,54,55,56,57)/t33?,34-,35-/m1/s1. The zero-order valence-electron chi connectivity index (χ0n) is 37.3. The van der Waals surface area contributed by atoms with Crippen molar-refractivity contribution in [3.05, 3.63) is 85.4 Å². The topological polar surface area (TPSA) is 263 Å². The summed E-state index contributed by atoms with van der Waals surface area (Å²) in [4.78, 5) is 66.2. The Labute approximate surface area is 401 Å². The lowest BCUT2D eigenvalue weighted by atomic mass is 9.81. The molecule has 0 aromatic heterocycles. The van der Waals surface area contributed by atoms with E-state index < -0.39 is 64.9 Å². The number of nitrogens with zero attached hydrogens (tertiary/aromatic N) is 2. The first-order chi connectivity index (χ1) is 32.2. The van der Waals surface area contributed by atoms with Crippen LogP contribution >= 0.6 is 45.1 Å². The third-order valence-electron chi connectivity index (χ3n) is 12.8. The van der Waals surface area contributed by atoms with Crippen molar-refractivity contribution < 1.29 is 75.3 Å². The summed E-state index contributed by atoms with van der Waals surface area (Å²) in [5.74, 6) is -0.222. The molecule has 3 aromatic rings. The predicted octanol–water partition coefficient (Wildman–Crippen LogP) is 3.34. The molecule has 2 radical (unpaired) electrons. The Hall–Kier alpha value is -3.04. The van der Waals surface area contributed by atoms with E-state index in [0.717, 1.165) is 105 Å². The van der Waals surface area contributed by atoms with E-state index in [2.05, 4.69) is 35.5 Å². The number of nitrogens with one attached hydrogen (secondary N) is 1. The minimum Gasteiger partial charge on any atom is -0.545 e. The molecule has 25 heteroatoms. The highest BCUT2D eigenvalue weighted by atomic mass is 33.1. The van der Waals surface area contributed by atoms with E-state index in [1.165, 1.54) is 61.0 Å². The van der Waals surface area contributed by atoms with Gasteiger partial charge < -0.3 is 53.9 Å². The monoisotopic (exact) mass is 1030 g/mol. The largest absolute Gasteiger partial charge is 0.545 e. The summed E-state index contributed by atoms with van der Waals surface area (Å²) in [7, 11) is -8.08. The molecule has 6 heterocycles. The van der Waals surface area contributed by atoms with Crippen LogP contribution in [-0.4, -0.2) is 108 Å². The molecule has 0 saturated carbocycles. The molecule has 6 aliphatic heterocycles. The molecule has 5 atom stereocenters. The number of carbonyl (C=O) groups is 2. The van der Waals surface area contributed by atoms with Crippen LogP contribution in [0, 0.1) is 0 Å². The van der Waals surface area contributed by atoms with Gasteiger partial charge >= 0.3 is 23.5 Å². The van der Waals surface area contributed by atoms with Gasteiger partial charge in [0.05, 0.1) is 24.2 Å². The fraction of sp³-hybridized carbons (Fsp3) is 0.512. The fourth-order valence-corrected chi connectivity index (χ4v) is 15.3. The summed E-state index contributed by atoms with van der Waals surface area (Å²) in [6.07, 6.45) is 5.97. The molecule has 3 unspecified atom stereocenters. The summed E-state index contributed by atoms with van der Waals surface area (Å²) in [6, 6.07) is 8.34. The van der Waals surface area contributed by atoms with E-state index in [1.54, 1.807) is 12.1 Å². The van der Waals surface area contributed by atoms with Gasteiger partial charge in [-0.2, -0.15) is 8.62 Å². The minimum absolute atomic E-state index is 0.0617. The number of rotatable bonds is 17. The summed E-state index contributed by atoms with van der Waals surface area (Å²) >= 11 is 0. The maximum atomic E-state index is 13.8. The molecule has 1 saturated heterocycles. The molecule has 364 valence electrons. The number of aryl methyl sites for hydroxylation is 2. The van der Waals surface area contributed by atoms with Crippen LogP contribution in [0.25, 0.3) is 5.57 Å². The van der Waals surface area contributed by atoms with Gasteiger partial charge in [0.15, 0.2) is 0 Å². The van der Waals surface area contributed by atoms with E-state index in [0.29, 0.717) is 5.56 Å². The van der Waals surface area contributed by atoms with Crippen LogP contribution in [0.2, 0.25) is 0 Å². The highest BCUT2D eigenvalue weighted by molar-refractivity contribution is 8.77. The third kappa shape index (κ3) is 10.8. The number of carboxylic acids is 1. The van der Waals surface area contributed by atoms with Crippen LogP contribution in [0.5, 0.6) is 11.5 Å². The zero-order chi connectivity index (χ0) is 48.3. The number of phosphoric acid groups is 3. The number of aromatic carboxylic acids is 1. The van der Waals surface area contributed by atoms with Crippen molar-refractivity contribution in [3.8, 4) is 11.5 Å². The first-order valence-corrected chi connectivity index (χ1v) is 29.2. The van der Waals surface area contributed by atoms with Crippen molar-refractivity contribution in [1.82, 2.24) is 9.89 Å². The first-order valence-electron chi connectivity index (χ1n) is 22.3. The van der Waals surface area contributed by atoms with Crippen molar-refractivity contribution in [2.75, 3.05) is 50.2 Å². The van der Waals surface area contributed by atoms with E-state index in [-0.39, 0.29) is 30.0 Å². The van der Waals surface area contributed by atoms with Gasteiger partial charge in [-0.1, -0.05) is 27.7 Å². The molecule has 0 aliphatic carbocycles. The van der Waals surface area contributed by atoms with E-state index in [1.807, 2.05) is 13.8 Å². The normalized spacial score (nSPS) is 22.5. The second kappa shape index (κ2) is 19.5. The Kier molecular flexibility index (Phi) is 14.3. The Balaban J connectivity index is 0.902. The molecule has 0 spiro atoms. The van der Waals surface area contributed by atoms with Crippen molar-refractivity contribution in [2.24, 2.45) is 0 Å². The lowest BCUT2D eigenvalue weighted by molar-refractivity contribution is -0.255. The molecule has 1 fully saturated rings. The molecule has 1 amide bonds. The van der Waals surface area contributed by atoms with Gasteiger partial charge in [0.2, 0.25) is 5.36 Å². The molecular formula is C43H51BN3O16P3S2. The van der Waals surface area contributed by atoms with Gasteiger partial charge in [0, 0.05) is 87.5 Å². The second-order valence-corrected chi connectivity index (χ2v) is 25.6. The smallest absolute Gasteiger partial charge is 0.490 e. The maximum absolute atomic E-state index is 13.8. The van der Waals surface area contributed by atoms with Gasteiger partial charge in [0.25, 0.3) is 5.91 Å². The number of benzene rings is 3. The lowest BCUT2D eigenvalue weighted by Crippen LogP contribution is -2.45. The molecule has 19 nitrogen and oxygen atoms in total. The number of anilines is 1. The Bertz CT molecular complexity index is 2840. The molecule has 68 heavy (non-hydrogen) atoms. The van der Waals surface area contributed by atoms with Crippen LogP contribution in [0.4, 0.5) is 5.69 Å². The summed E-state index contributed by atoms with van der Waals surface area (Å²) in [5, 5.41) is 18.3. The van der Waals surface area contributed by atoms with Crippen molar-refractivity contribution in [3.63, 3.8) is 0 Å². The van der Waals surface area contributed by atoms with Gasteiger partial charge in [-0.15, -0.1) is 0 Å². The van der Waals surface area contributed by atoms with Crippen LogP contribution in [0.3, 0.4) is 0 Å². The predicted molar refractivity (Wildman–Crippen MR) is 251 cm³/mol. The maximum Gasteiger partial charge on any atom is 0.490 e. The van der Waals surface area contributed by atoms with Crippen LogP contribution in [0.1, 0.15) is 100 Å². The third-order valence-corrected chi connectivity index (χ3v) is 19.5. The zero-order valence-corrected chi connectivity index (χ0v) is 41.6. The van der Waals surface area contributed by atoms with E-state index >= 15 is 0 Å². The number of hydrogen-bond donors (Lipinski definition) is 5. The Morgan fingerprint density at radius 1 is 0.926 bits per heavy atom. The fourth-order valence-electron chi connectivity index (χ4n) is 10.1. The average molecular weight is 1030 g/mol. The number of ether oxygens (including phenoxy) is 3. The lowest BCUT2D eigenvalue weighted by Gasteiger charge is -2.39. The van der Waals surface area contributed by atoms with Gasteiger partial charge in [-0.05, 0) is 94.2 Å². The number of carbonyl (C=O) groups excluding carboxylic acids is 2. The molecular weight excluding hydrogens is 982 g/mol. The molecule has 6 aliphatic rings. The number of carboxylic acid groups (broad SMARTS) is 1. The van der Waals surface area contributed by atoms with Crippen LogP contribution in [0.15, 0.2) is 30.3 Å². The van der Waals surface area contributed by atoms with Crippen LogP contribution in [-0.2, 0) is 62.0 Å². The van der Waals surface area contributed by atoms with E-state index in [4.69, 9.17) is 36.4 Å². The number of hydrogen-bond acceptors (Lipinski definition) is 15. The van der Waals surface area contributed by atoms with Crippen molar-refractivity contribution in [1.29, 1.82) is 0 Å². The number of fused-ring (bicyclic) bond motifs is 4. The number of phosphoric ester groups is 1. The second-order valence-electron chi connectivity index (χ2n) is 18.2. The summed E-state index contributed by atoms with van der Waals surface area (Å²) in [6.45, 7) is 7.24. The first kappa shape index (κ1) is 49.9.